The first kappa shape index (κ1) is 20.4. The van der Waals surface area contributed by atoms with Gasteiger partial charge in [-0.3, -0.25) is 0 Å². The normalized spacial score (nSPS) is 15.5. The fraction of sp³-hybridized carbons (Fsp3) is 0.333. The Morgan fingerprint density at radius 1 is 0.900 bits per heavy atom. The molecule has 0 aromatic heterocycles. The Labute approximate surface area is 173 Å². The van der Waals surface area contributed by atoms with E-state index in [9.17, 15) is 18.3 Å². The molecule has 1 N–H and O–H groups in total. The van der Waals surface area contributed by atoms with Gasteiger partial charge in [0.1, 0.15) is 11.5 Å². The van der Waals surface area contributed by atoms with Gasteiger partial charge in [0.15, 0.2) is 0 Å². The molecule has 0 atom stereocenters. The van der Waals surface area contributed by atoms with Gasteiger partial charge in [0, 0.05) is 18.8 Å². The number of halogens is 3. The number of fused-ring (bicyclic) bond motifs is 1. The van der Waals surface area contributed by atoms with E-state index in [2.05, 4.69) is 21.8 Å². The number of phenols is 1. The van der Waals surface area contributed by atoms with Gasteiger partial charge in [-0.05, 0) is 84.3 Å². The van der Waals surface area contributed by atoms with E-state index in [0.717, 1.165) is 55.1 Å². The van der Waals surface area contributed by atoms with Crippen LogP contribution in [0.4, 0.5) is 18.9 Å². The Balaban J connectivity index is 1.28. The van der Waals surface area contributed by atoms with Crippen LogP contribution in [0.5, 0.6) is 11.5 Å². The third-order valence-corrected chi connectivity index (χ3v) is 5.79. The van der Waals surface area contributed by atoms with Crippen molar-refractivity contribution in [1.82, 2.24) is 0 Å². The zero-order valence-electron chi connectivity index (χ0n) is 16.5. The lowest BCUT2D eigenvalue weighted by Crippen LogP contribution is -2.33. The molecule has 1 aliphatic rings. The van der Waals surface area contributed by atoms with Crippen molar-refractivity contribution in [3.8, 4) is 11.5 Å². The molecule has 6 heteroatoms. The molecule has 0 radical (unpaired) electrons. The highest BCUT2D eigenvalue weighted by Crippen LogP contribution is 2.30. The van der Waals surface area contributed by atoms with Crippen molar-refractivity contribution in [1.29, 1.82) is 0 Å². The van der Waals surface area contributed by atoms with Crippen molar-refractivity contribution in [3.05, 3.63) is 66.2 Å². The van der Waals surface area contributed by atoms with Crippen LogP contribution >= 0.6 is 0 Å². The monoisotopic (exact) mass is 415 g/mol. The van der Waals surface area contributed by atoms with Crippen molar-refractivity contribution < 1.29 is 23.0 Å². The highest BCUT2D eigenvalue weighted by Gasteiger charge is 2.31. The molecule has 3 aromatic rings. The molecule has 0 spiro atoms. The number of anilines is 1. The van der Waals surface area contributed by atoms with Crippen molar-refractivity contribution in [2.75, 3.05) is 18.0 Å². The number of hydrogen-bond acceptors (Lipinski definition) is 3. The third kappa shape index (κ3) is 5.17. The second kappa shape index (κ2) is 8.46. The first-order valence-corrected chi connectivity index (χ1v) is 10.2. The van der Waals surface area contributed by atoms with E-state index >= 15 is 0 Å². The van der Waals surface area contributed by atoms with Crippen LogP contribution in [0.1, 0.15) is 24.8 Å². The van der Waals surface area contributed by atoms with E-state index in [0.29, 0.717) is 5.92 Å². The van der Waals surface area contributed by atoms with Gasteiger partial charge in [-0.15, -0.1) is 13.2 Å². The van der Waals surface area contributed by atoms with Crippen molar-refractivity contribution in [2.24, 2.45) is 5.92 Å². The molecule has 1 saturated heterocycles. The predicted octanol–water partition coefficient (Wildman–Crippen LogP) is 6.29. The summed E-state index contributed by atoms with van der Waals surface area (Å²) in [5.41, 5.74) is 2.23. The molecule has 0 unspecified atom stereocenters. The lowest BCUT2D eigenvalue weighted by molar-refractivity contribution is -0.274. The zero-order chi connectivity index (χ0) is 21.1. The van der Waals surface area contributed by atoms with E-state index < -0.39 is 6.36 Å². The maximum atomic E-state index is 12.2. The van der Waals surface area contributed by atoms with Crippen molar-refractivity contribution in [3.63, 3.8) is 0 Å². The molecule has 1 aliphatic heterocycles. The highest BCUT2D eigenvalue weighted by atomic mass is 19.4. The molecular weight excluding hydrogens is 391 g/mol. The Morgan fingerprint density at radius 2 is 1.57 bits per heavy atom. The molecule has 0 aliphatic carbocycles. The molecule has 4 rings (SSSR count). The van der Waals surface area contributed by atoms with Gasteiger partial charge < -0.3 is 14.7 Å². The predicted molar refractivity (Wildman–Crippen MR) is 112 cm³/mol. The minimum Gasteiger partial charge on any atom is -0.508 e. The lowest BCUT2D eigenvalue weighted by atomic mass is 9.90. The molecule has 0 saturated carbocycles. The molecule has 0 amide bonds. The number of piperidine rings is 1. The summed E-state index contributed by atoms with van der Waals surface area (Å²) >= 11 is 0. The smallest absolute Gasteiger partial charge is 0.508 e. The van der Waals surface area contributed by atoms with Crippen LogP contribution in [0.25, 0.3) is 10.8 Å². The van der Waals surface area contributed by atoms with Crippen LogP contribution in [-0.4, -0.2) is 24.6 Å². The quantitative estimate of drug-likeness (QED) is 0.531. The summed E-state index contributed by atoms with van der Waals surface area (Å²) in [5.74, 6) is 0.716. The number of hydrogen-bond donors (Lipinski definition) is 1. The Morgan fingerprint density at radius 3 is 2.27 bits per heavy atom. The van der Waals surface area contributed by atoms with Crippen LogP contribution in [0.15, 0.2) is 60.7 Å². The Bertz CT molecular complexity index is 993. The molecule has 3 aromatic carbocycles. The van der Waals surface area contributed by atoms with Crippen molar-refractivity contribution in [2.45, 2.75) is 32.0 Å². The number of rotatable bonds is 5. The topological polar surface area (TPSA) is 32.7 Å². The lowest BCUT2D eigenvalue weighted by Gasteiger charge is -2.34. The van der Waals surface area contributed by atoms with Gasteiger partial charge in [-0.2, -0.15) is 0 Å². The zero-order valence-corrected chi connectivity index (χ0v) is 16.5. The number of nitrogens with zero attached hydrogens (tertiary/aromatic N) is 1. The van der Waals surface area contributed by atoms with Gasteiger partial charge >= 0.3 is 6.36 Å². The SMILES string of the molecule is Oc1ccc2cc(N3CCC(CCc4ccc(OC(F)(F)F)cc4)CC3)ccc2c1. The Hall–Kier alpha value is -2.89. The molecule has 3 nitrogen and oxygen atoms in total. The van der Waals surface area contributed by atoms with Gasteiger partial charge in [-0.1, -0.05) is 24.3 Å². The van der Waals surface area contributed by atoms with Gasteiger partial charge in [0.25, 0.3) is 0 Å². The summed E-state index contributed by atoms with van der Waals surface area (Å²) in [7, 11) is 0. The second-order valence-corrected chi connectivity index (χ2v) is 7.88. The standard InChI is InChI=1S/C24H24F3NO2/c25-24(26,27)30-23-9-3-17(4-10-23)1-2-18-11-13-28(14-12-18)21-7-5-20-16-22(29)8-6-19(20)15-21/h3-10,15-16,18,29H,1-2,11-14H2. The molecule has 158 valence electrons. The number of aryl methyl sites for hydroxylation is 1. The number of alkyl halides is 3. The van der Waals surface area contributed by atoms with E-state index in [1.807, 2.05) is 12.1 Å². The maximum Gasteiger partial charge on any atom is 0.573 e. The van der Waals surface area contributed by atoms with Crippen LogP contribution < -0.4 is 9.64 Å². The summed E-state index contributed by atoms with van der Waals surface area (Å²) in [6, 6.07) is 17.9. The van der Waals surface area contributed by atoms with Crippen molar-refractivity contribution >= 4 is 16.5 Å². The van der Waals surface area contributed by atoms with Crippen LogP contribution in [-0.2, 0) is 6.42 Å². The fourth-order valence-electron chi connectivity index (χ4n) is 4.13. The number of ether oxygens (including phenoxy) is 1. The van der Waals surface area contributed by atoms with E-state index in [4.69, 9.17) is 0 Å². The van der Waals surface area contributed by atoms with E-state index in [1.54, 1.807) is 24.3 Å². The van der Waals surface area contributed by atoms with Crippen LogP contribution in [0.2, 0.25) is 0 Å². The molecule has 1 heterocycles. The third-order valence-electron chi connectivity index (χ3n) is 5.79. The number of aromatic hydroxyl groups is 1. The molecular formula is C24H24F3NO2. The largest absolute Gasteiger partial charge is 0.573 e. The average Bonchev–Trinajstić information content (AvgIpc) is 2.72. The molecule has 30 heavy (non-hydrogen) atoms. The number of phenolic OH excluding ortho intramolecular Hbond substituents is 1. The minimum atomic E-state index is -4.65. The summed E-state index contributed by atoms with van der Waals surface area (Å²) in [6.45, 7) is 1.99. The average molecular weight is 415 g/mol. The minimum absolute atomic E-state index is 0.176. The summed E-state index contributed by atoms with van der Waals surface area (Å²) in [4.78, 5) is 2.39. The second-order valence-electron chi connectivity index (χ2n) is 7.88. The van der Waals surface area contributed by atoms with E-state index in [-0.39, 0.29) is 11.5 Å². The highest BCUT2D eigenvalue weighted by molar-refractivity contribution is 5.87. The van der Waals surface area contributed by atoms with Gasteiger partial charge in [0.05, 0.1) is 0 Å². The first-order chi connectivity index (χ1) is 14.4. The summed E-state index contributed by atoms with van der Waals surface area (Å²) in [5, 5.41) is 11.8. The first-order valence-electron chi connectivity index (χ1n) is 10.2. The van der Waals surface area contributed by atoms with Gasteiger partial charge in [-0.25, -0.2) is 0 Å². The van der Waals surface area contributed by atoms with Crippen LogP contribution in [0.3, 0.4) is 0 Å². The number of benzene rings is 3. The fourth-order valence-corrected chi connectivity index (χ4v) is 4.13. The summed E-state index contributed by atoms with van der Waals surface area (Å²) in [6.07, 6.45) is -0.561. The van der Waals surface area contributed by atoms with Crippen LogP contribution in [0, 0.1) is 5.92 Å². The Kier molecular flexibility index (Phi) is 5.75. The van der Waals surface area contributed by atoms with E-state index in [1.165, 1.54) is 17.8 Å². The molecule has 1 fully saturated rings. The summed E-state index contributed by atoms with van der Waals surface area (Å²) < 4.78 is 40.7. The maximum absolute atomic E-state index is 12.2. The molecule has 0 bridgehead atoms. The van der Waals surface area contributed by atoms with Gasteiger partial charge in [0.2, 0.25) is 0 Å².